The Kier molecular flexibility index (Phi) is 4.85. The average molecular weight is 375 g/mol. The molecule has 0 spiro atoms. The van der Waals surface area contributed by atoms with Crippen LogP contribution in [0.3, 0.4) is 0 Å². The maximum atomic E-state index is 5.48. The van der Waals surface area contributed by atoms with Gasteiger partial charge in [-0.3, -0.25) is 0 Å². The van der Waals surface area contributed by atoms with Crippen LogP contribution in [0.1, 0.15) is 11.3 Å². The van der Waals surface area contributed by atoms with Crippen LogP contribution in [0, 0.1) is 0 Å². The predicted octanol–water partition coefficient (Wildman–Crippen LogP) is 4.01. The molecule has 0 saturated carbocycles. The topological polar surface area (TPSA) is 57.9 Å². The summed E-state index contributed by atoms with van der Waals surface area (Å²) in [6.45, 7) is 0. The summed E-state index contributed by atoms with van der Waals surface area (Å²) >= 11 is 0. The van der Waals surface area contributed by atoms with E-state index in [0.29, 0.717) is 17.2 Å². The van der Waals surface area contributed by atoms with Gasteiger partial charge in [-0.15, -0.1) is 0 Å². The Morgan fingerprint density at radius 1 is 0.857 bits per heavy atom. The standard InChI is InChI=1S/C22H21N3O3/c1-26-19-12-16(13-20(27-2)22(19)28-3)18-14-23-21-10-9-17(24-25(18)21)11-15-7-5-4-6-8-15/h4-10,12-14H,11H2,1-3H3. The van der Waals surface area contributed by atoms with Gasteiger partial charge in [0.1, 0.15) is 0 Å². The fourth-order valence-electron chi connectivity index (χ4n) is 3.24. The SMILES string of the molecule is COc1cc(-c2cnc3ccc(Cc4ccccc4)nn23)cc(OC)c1OC. The van der Waals surface area contributed by atoms with E-state index in [4.69, 9.17) is 19.3 Å². The van der Waals surface area contributed by atoms with E-state index in [0.717, 1.165) is 29.0 Å². The van der Waals surface area contributed by atoms with Crippen LogP contribution in [0.2, 0.25) is 0 Å². The van der Waals surface area contributed by atoms with Crippen molar-refractivity contribution in [2.24, 2.45) is 0 Å². The Hall–Kier alpha value is -3.54. The number of nitrogens with zero attached hydrogens (tertiary/aromatic N) is 3. The van der Waals surface area contributed by atoms with Gasteiger partial charge in [-0.05, 0) is 29.8 Å². The molecule has 0 aliphatic carbocycles. The molecule has 4 aromatic rings. The highest BCUT2D eigenvalue weighted by molar-refractivity contribution is 5.70. The normalized spacial score (nSPS) is 10.8. The van der Waals surface area contributed by atoms with E-state index in [1.165, 1.54) is 5.56 Å². The Morgan fingerprint density at radius 2 is 1.57 bits per heavy atom. The first-order chi connectivity index (χ1) is 13.7. The molecule has 6 nitrogen and oxygen atoms in total. The molecule has 0 N–H and O–H groups in total. The number of ether oxygens (including phenoxy) is 3. The van der Waals surface area contributed by atoms with Crippen molar-refractivity contribution < 1.29 is 14.2 Å². The van der Waals surface area contributed by atoms with Gasteiger partial charge in [-0.25, -0.2) is 9.50 Å². The first kappa shape index (κ1) is 17.9. The lowest BCUT2D eigenvalue weighted by Crippen LogP contribution is -2.01. The van der Waals surface area contributed by atoms with Gasteiger partial charge in [0.15, 0.2) is 17.1 Å². The highest BCUT2D eigenvalue weighted by Crippen LogP contribution is 2.41. The lowest BCUT2D eigenvalue weighted by Gasteiger charge is -2.14. The molecule has 2 aromatic carbocycles. The molecule has 0 bridgehead atoms. The van der Waals surface area contributed by atoms with Crippen molar-refractivity contribution in [3.8, 4) is 28.5 Å². The lowest BCUT2D eigenvalue weighted by molar-refractivity contribution is 0.324. The predicted molar refractivity (Wildman–Crippen MR) is 107 cm³/mol. The number of fused-ring (bicyclic) bond motifs is 1. The Balaban J connectivity index is 1.80. The van der Waals surface area contributed by atoms with Gasteiger partial charge >= 0.3 is 0 Å². The molecule has 0 unspecified atom stereocenters. The van der Waals surface area contributed by atoms with Crippen LogP contribution in [0.15, 0.2) is 60.8 Å². The molecule has 28 heavy (non-hydrogen) atoms. The van der Waals surface area contributed by atoms with Crippen LogP contribution in [0.5, 0.6) is 17.2 Å². The molecule has 0 saturated heterocycles. The number of aromatic nitrogens is 3. The van der Waals surface area contributed by atoms with Gasteiger partial charge in [0, 0.05) is 12.0 Å². The smallest absolute Gasteiger partial charge is 0.203 e. The lowest BCUT2D eigenvalue weighted by atomic mass is 10.1. The van der Waals surface area contributed by atoms with Gasteiger partial charge in [-0.1, -0.05) is 30.3 Å². The second kappa shape index (κ2) is 7.60. The van der Waals surface area contributed by atoms with Crippen LogP contribution < -0.4 is 14.2 Å². The van der Waals surface area contributed by atoms with E-state index < -0.39 is 0 Å². The van der Waals surface area contributed by atoms with E-state index in [-0.39, 0.29) is 0 Å². The molecule has 142 valence electrons. The molecule has 2 heterocycles. The number of benzene rings is 2. The van der Waals surface area contributed by atoms with E-state index in [1.54, 1.807) is 27.5 Å². The highest BCUT2D eigenvalue weighted by atomic mass is 16.5. The van der Waals surface area contributed by atoms with Gasteiger partial charge in [-0.2, -0.15) is 5.10 Å². The van der Waals surface area contributed by atoms with E-state index in [9.17, 15) is 0 Å². The number of hydrogen-bond donors (Lipinski definition) is 0. The van der Waals surface area contributed by atoms with Crippen molar-refractivity contribution >= 4 is 5.65 Å². The summed E-state index contributed by atoms with van der Waals surface area (Å²) < 4.78 is 18.2. The van der Waals surface area contributed by atoms with Gasteiger partial charge in [0.25, 0.3) is 0 Å². The molecule has 2 aromatic heterocycles. The van der Waals surface area contributed by atoms with Crippen molar-refractivity contribution in [3.05, 3.63) is 72.1 Å². The first-order valence-corrected chi connectivity index (χ1v) is 8.91. The summed E-state index contributed by atoms with van der Waals surface area (Å²) in [4.78, 5) is 4.48. The third-order valence-corrected chi connectivity index (χ3v) is 4.61. The van der Waals surface area contributed by atoms with E-state index >= 15 is 0 Å². The first-order valence-electron chi connectivity index (χ1n) is 8.91. The number of imidazole rings is 1. The molecule has 4 rings (SSSR count). The number of hydrogen-bond acceptors (Lipinski definition) is 5. The summed E-state index contributed by atoms with van der Waals surface area (Å²) in [6.07, 6.45) is 2.55. The van der Waals surface area contributed by atoms with Gasteiger partial charge in [0.05, 0.1) is 38.9 Å². The van der Waals surface area contributed by atoms with E-state index in [1.807, 2.05) is 47.0 Å². The van der Waals surface area contributed by atoms with Crippen molar-refractivity contribution in [3.63, 3.8) is 0 Å². The van der Waals surface area contributed by atoms with Crippen LogP contribution in [-0.2, 0) is 6.42 Å². The molecule has 0 radical (unpaired) electrons. The summed E-state index contributed by atoms with van der Waals surface area (Å²) in [5, 5.41) is 4.80. The van der Waals surface area contributed by atoms with Crippen LogP contribution >= 0.6 is 0 Å². The molecule has 0 aliphatic rings. The minimum absolute atomic E-state index is 0.556. The van der Waals surface area contributed by atoms with Gasteiger partial charge < -0.3 is 14.2 Å². The van der Waals surface area contributed by atoms with Crippen LogP contribution in [-0.4, -0.2) is 35.9 Å². The molecule has 0 fully saturated rings. The third-order valence-electron chi connectivity index (χ3n) is 4.61. The molecule has 0 atom stereocenters. The Morgan fingerprint density at radius 3 is 2.21 bits per heavy atom. The zero-order valence-corrected chi connectivity index (χ0v) is 16.0. The molecule has 0 aliphatic heterocycles. The maximum Gasteiger partial charge on any atom is 0.203 e. The molecule has 6 heteroatoms. The highest BCUT2D eigenvalue weighted by Gasteiger charge is 2.17. The summed E-state index contributed by atoms with van der Waals surface area (Å²) in [6, 6.07) is 18.1. The summed E-state index contributed by atoms with van der Waals surface area (Å²) in [7, 11) is 4.79. The Labute approximate surface area is 163 Å². The van der Waals surface area contributed by atoms with Crippen molar-refractivity contribution in [2.75, 3.05) is 21.3 Å². The second-order valence-corrected chi connectivity index (χ2v) is 6.31. The third kappa shape index (κ3) is 3.24. The fraction of sp³-hybridized carbons (Fsp3) is 0.182. The summed E-state index contributed by atoms with van der Waals surface area (Å²) in [5.74, 6) is 1.74. The summed E-state index contributed by atoms with van der Waals surface area (Å²) in [5.41, 5.74) is 4.69. The Bertz CT molecular complexity index is 1080. The molecule has 0 amide bonds. The zero-order valence-electron chi connectivity index (χ0n) is 16.0. The minimum atomic E-state index is 0.556. The monoisotopic (exact) mass is 375 g/mol. The van der Waals surface area contributed by atoms with Crippen molar-refractivity contribution in [2.45, 2.75) is 6.42 Å². The minimum Gasteiger partial charge on any atom is -0.493 e. The van der Waals surface area contributed by atoms with Gasteiger partial charge in [0.2, 0.25) is 5.75 Å². The van der Waals surface area contributed by atoms with Crippen molar-refractivity contribution in [1.82, 2.24) is 14.6 Å². The number of rotatable bonds is 6. The van der Waals surface area contributed by atoms with Crippen LogP contribution in [0.4, 0.5) is 0 Å². The molecular formula is C22H21N3O3. The van der Waals surface area contributed by atoms with Crippen LogP contribution in [0.25, 0.3) is 16.9 Å². The maximum absolute atomic E-state index is 5.48. The fourth-order valence-corrected chi connectivity index (χ4v) is 3.24. The largest absolute Gasteiger partial charge is 0.493 e. The zero-order chi connectivity index (χ0) is 19.5. The molecular weight excluding hydrogens is 354 g/mol. The average Bonchev–Trinajstić information content (AvgIpc) is 3.16. The second-order valence-electron chi connectivity index (χ2n) is 6.31. The van der Waals surface area contributed by atoms with E-state index in [2.05, 4.69) is 17.1 Å². The number of methoxy groups -OCH3 is 3. The van der Waals surface area contributed by atoms with Crippen molar-refractivity contribution in [1.29, 1.82) is 0 Å². The quantitative estimate of drug-likeness (QED) is 0.510.